The fourth-order valence-corrected chi connectivity index (χ4v) is 8.20. The molecule has 4 heteroatoms. The fourth-order valence-electron chi connectivity index (χ4n) is 8.20. The Morgan fingerprint density at radius 2 is 0.466 bits per heavy atom. The van der Waals surface area contributed by atoms with E-state index in [2.05, 4.69) is 20.8 Å². The molecule has 0 spiro atoms. The number of hydrogen-bond acceptors (Lipinski definition) is 3. The molecule has 0 bridgehead atoms. The quantitative estimate of drug-likeness (QED) is 0.0490. The highest BCUT2D eigenvalue weighted by atomic mass is 16.5. The first-order valence-electron chi connectivity index (χ1n) is 27.0. The van der Waals surface area contributed by atoms with E-state index in [1.165, 1.54) is 270 Å². The number of unbranched alkanes of at least 4 members (excludes halogenated alkanes) is 43. The smallest absolute Gasteiger partial charge is 0.305 e. The first kappa shape index (κ1) is 59.0. The van der Waals surface area contributed by atoms with E-state index >= 15 is 0 Å². The largest absolute Gasteiger partial charge is 0.481 e. The summed E-state index contributed by atoms with van der Waals surface area (Å²) in [7, 11) is 0. The number of hydrogen-bond donors (Lipinski definition) is 1. The van der Waals surface area contributed by atoms with Crippen LogP contribution in [0, 0.1) is 0 Å². The summed E-state index contributed by atoms with van der Waals surface area (Å²) in [5.41, 5.74) is 0. The molecule has 0 fully saturated rings. The third-order valence-corrected chi connectivity index (χ3v) is 12.2. The normalized spacial score (nSPS) is 11.2. The zero-order chi connectivity index (χ0) is 42.5. The van der Waals surface area contributed by atoms with Crippen molar-refractivity contribution in [1.29, 1.82) is 0 Å². The second kappa shape index (κ2) is 55.9. The zero-order valence-corrected chi connectivity index (χ0v) is 40.3. The predicted molar refractivity (Wildman–Crippen MR) is 257 cm³/mol. The monoisotopic (exact) mass is 821 g/mol. The fraction of sp³-hybridized carbons (Fsp3) is 0.963. The number of carboxylic acids is 1. The van der Waals surface area contributed by atoms with Crippen molar-refractivity contribution in [2.24, 2.45) is 0 Å². The van der Waals surface area contributed by atoms with Crippen LogP contribution in [0.4, 0.5) is 0 Å². The van der Waals surface area contributed by atoms with Crippen molar-refractivity contribution in [3.05, 3.63) is 0 Å². The number of ether oxygens (including phenoxy) is 1. The summed E-state index contributed by atoms with van der Waals surface area (Å²) >= 11 is 0. The zero-order valence-electron chi connectivity index (χ0n) is 40.3. The molecule has 58 heavy (non-hydrogen) atoms. The van der Waals surface area contributed by atoms with Crippen LogP contribution in [0.2, 0.25) is 0 Å². The molecule has 0 aliphatic heterocycles. The highest BCUT2D eigenvalue weighted by Gasteiger charge is 2.03. The van der Waals surface area contributed by atoms with Crippen molar-refractivity contribution in [2.45, 2.75) is 329 Å². The predicted octanol–water partition coefficient (Wildman–Crippen LogP) is 19.4. The summed E-state index contributed by atoms with van der Waals surface area (Å²) in [6, 6.07) is 0. The summed E-state index contributed by atoms with van der Waals surface area (Å²) in [4.78, 5) is 22.2. The van der Waals surface area contributed by atoms with Crippen molar-refractivity contribution in [1.82, 2.24) is 0 Å². The van der Waals surface area contributed by atoms with E-state index in [0.29, 0.717) is 19.4 Å². The maximum atomic E-state index is 11.9. The van der Waals surface area contributed by atoms with Gasteiger partial charge in [-0.2, -0.15) is 0 Å². The first-order chi connectivity index (χ1) is 28.6. The van der Waals surface area contributed by atoms with E-state index in [1.54, 1.807) is 0 Å². The summed E-state index contributed by atoms with van der Waals surface area (Å²) < 4.78 is 5.44. The third kappa shape index (κ3) is 59.3. The maximum Gasteiger partial charge on any atom is 0.305 e. The van der Waals surface area contributed by atoms with Crippen molar-refractivity contribution >= 4 is 11.9 Å². The van der Waals surface area contributed by atoms with E-state index < -0.39 is 5.97 Å². The van der Waals surface area contributed by atoms with Gasteiger partial charge < -0.3 is 9.84 Å². The summed E-state index contributed by atoms with van der Waals surface area (Å²) in [5.74, 6) is -0.625. The van der Waals surface area contributed by atoms with Crippen molar-refractivity contribution < 1.29 is 19.4 Å². The average Bonchev–Trinajstić information content (AvgIpc) is 3.22. The highest BCUT2D eigenvalue weighted by Crippen LogP contribution is 2.17. The van der Waals surface area contributed by atoms with Crippen LogP contribution >= 0.6 is 0 Å². The molecule has 1 N–H and O–H groups in total. The van der Waals surface area contributed by atoms with Gasteiger partial charge in [0.2, 0.25) is 0 Å². The van der Waals surface area contributed by atoms with Gasteiger partial charge in [0.1, 0.15) is 0 Å². The summed E-state index contributed by atoms with van der Waals surface area (Å²) in [5, 5.41) is 8.52. The number of aliphatic carboxylic acids is 1. The van der Waals surface area contributed by atoms with Gasteiger partial charge in [-0.25, -0.2) is 0 Å². The lowest BCUT2D eigenvalue weighted by molar-refractivity contribution is -0.144. The minimum absolute atomic E-state index is 0.0284. The van der Waals surface area contributed by atoms with Crippen molar-refractivity contribution in [3.63, 3.8) is 0 Å². The molecule has 0 amide bonds. The van der Waals surface area contributed by atoms with Crippen LogP contribution in [0.15, 0.2) is 0 Å². The van der Waals surface area contributed by atoms with Crippen LogP contribution in [0.5, 0.6) is 0 Å². The molecule has 0 aromatic carbocycles. The van der Waals surface area contributed by atoms with Crippen LogP contribution in [-0.4, -0.2) is 23.7 Å². The Morgan fingerprint density at radius 3 is 0.690 bits per heavy atom. The van der Waals surface area contributed by atoms with Crippen LogP contribution in [0.3, 0.4) is 0 Å². The molecule has 0 atom stereocenters. The van der Waals surface area contributed by atoms with Crippen LogP contribution < -0.4 is 0 Å². The van der Waals surface area contributed by atoms with Gasteiger partial charge in [-0.15, -0.1) is 0 Å². The van der Waals surface area contributed by atoms with Gasteiger partial charge in [-0.1, -0.05) is 297 Å². The van der Waals surface area contributed by atoms with E-state index in [0.717, 1.165) is 25.7 Å². The molecule has 0 heterocycles. The van der Waals surface area contributed by atoms with Gasteiger partial charge in [0, 0.05) is 12.8 Å². The molecule has 0 rings (SSSR count). The summed E-state index contributed by atoms with van der Waals surface area (Å²) in [6.45, 7) is 7.49. The van der Waals surface area contributed by atoms with Gasteiger partial charge in [-0.3, -0.25) is 9.59 Å². The molecule has 0 aromatic heterocycles. The Morgan fingerprint density at radius 1 is 0.276 bits per heavy atom. The lowest BCUT2D eigenvalue weighted by Crippen LogP contribution is -2.05. The SMILES string of the molecule is CCCCCCCCCCCCCCCCCC(=O)O.CCCCCCCCCCCCCCCCCCOC(=O)CCCCCCCCCCCCCCCCC. The van der Waals surface area contributed by atoms with Gasteiger partial charge >= 0.3 is 11.9 Å². The molecule has 0 unspecified atom stereocenters. The standard InChI is InChI=1S/C36H72O2.C18H36O2/c1-3-5-7-9-11-13-15-17-19-21-23-25-27-29-31-33-35-38-36(37)34-32-30-28-26-24-22-20-18-16-14-12-10-8-6-4-2;1-2-3-4-5-6-7-8-9-10-11-12-13-14-15-16-17-18(19)20/h3-35H2,1-2H3;2-17H2,1H3,(H,19,20). The lowest BCUT2D eigenvalue weighted by Gasteiger charge is -2.06. The van der Waals surface area contributed by atoms with Gasteiger partial charge in [0.25, 0.3) is 0 Å². The minimum atomic E-state index is -0.653. The third-order valence-electron chi connectivity index (χ3n) is 12.2. The highest BCUT2D eigenvalue weighted by molar-refractivity contribution is 5.69. The van der Waals surface area contributed by atoms with Crippen LogP contribution in [-0.2, 0) is 14.3 Å². The van der Waals surface area contributed by atoms with Crippen LogP contribution in [0.1, 0.15) is 329 Å². The second-order valence-electron chi connectivity index (χ2n) is 18.3. The Bertz CT molecular complexity index is 751. The number of carbonyl (C=O) groups is 2. The first-order valence-corrected chi connectivity index (χ1v) is 27.0. The molecule has 0 aromatic rings. The van der Waals surface area contributed by atoms with Crippen LogP contribution in [0.25, 0.3) is 0 Å². The molecule has 0 radical (unpaired) electrons. The Balaban J connectivity index is 0. The van der Waals surface area contributed by atoms with Crippen molar-refractivity contribution in [3.8, 4) is 0 Å². The average molecular weight is 821 g/mol. The Hall–Kier alpha value is -1.06. The van der Waals surface area contributed by atoms with E-state index in [4.69, 9.17) is 9.84 Å². The minimum Gasteiger partial charge on any atom is -0.481 e. The van der Waals surface area contributed by atoms with Crippen molar-refractivity contribution in [2.75, 3.05) is 6.61 Å². The second-order valence-corrected chi connectivity index (χ2v) is 18.3. The number of carboxylic acid groups (broad SMARTS) is 1. The van der Waals surface area contributed by atoms with E-state index in [1.807, 2.05) is 0 Å². The number of esters is 1. The van der Waals surface area contributed by atoms with E-state index in [9.17, 15) is 9.59 Å². The van der Waals surface area contributed by atoms with Gasteiger partial charge in [0.05, 0.1) is 6.61 Å². The Labute approximate surface area is 365 Å². The molecular formula is C54H108O4. The molecule has 4 nitrogen and oxygen atoms in total. The molecular weight excluding hydrogens is 713 g/mol. The lowest BCUT2D eigenvalue weighted by atomic mass is 10.0. The number of carbonyl (C=O) groups excluding carboxylic acids is 1. The molecule has 348 valence electrons. The molecule has 0 saturated carbocycles. The molecule has 0 aliphatic carbocycles. The molecule has 0 aliphatic rings. The summed E-state index contributed by atoms with van der Waals surface area (Å²) in [6.07, 6.45) is 63.3. The topological polar surface area (TPSA) is 63.6 Å². The maximum absolute atomic E-state index is 11.9. The van der Waals surface area contributed by atoms with E-state index in [-0.39, 0.29) is 5.97 Å². The Kier molecular flexibility index (Phi) is 56.9. The molecule has 0 saturated heterocycles. The number of rotatable bonds is 49. The van der Waals surface area contributed by atoms with Gasteiger partial charge in [-0.05, 0) is 19.3 Å². The van der Waals surface area contributed by atoms with Gasteiger partial charge in [0.15, 0.2) is 0 Å².